The van der Waals surface area contributed by atoms with Gasteiger partial charge in [-0.3, -0.25) is 9.59 Å². The molecule has 0 heterocycles. The number of thioether (sulfide) groups is 1. The zero-order valence-corrected chi connectivity index (χ0v) is 10.8. The number of carbonyl (C=O) groups is 2. The second-order valence-electron chi connectivity index (χ2n) is 4.14. The largest absolute Gasteiger partial charge is 0.393 e. The fraction of sp³-hybridized carbons (Fsp3) is 0.818. The first kappa shape index (κ1) is 14.5. The zero-order valence-electron chi connectivity index (χ0n) is 9.96. The average molecular weight is 232 g/mol. The molecule has 0 atom stereocenters. The van der Waals surface area contributed by atoms with Crippen LogP contribution in [0.4, 0.5) is 0 Å². The first-order valence-corrected chi connectivity index (χ1v) is 6.57. The van der Waals surface area contributed by atoms with E-state index in [4.69, 9.17) is 4.74 Å². The molecule has 0 aromatic heterocycles. The molecule has 0 aromatic carbocycles. The molecule has 0 aliphatic carbocycles. The Hall–Kier alpha value is -0.510. The molecule has 3 nitrogen and oxygen atoms in total. The van der Waals surface area contributed by atoms with Gasteiger partial charge in [0.2, 0.25) is 0 Å². The molecule has 0 aliphatic rings. The fourth-order valence-corrected chi connectivity index (χ4v) is 1.67. The number of rotatable bonds is 6. The lowest BCUT2D eigenvalue weighted by Gasteiger charge is -2.20. The fourth-order valence-electron chi connectivity index (χ4n) is 0.956. The van der Waals surface area contributed by atoms with Gasteiger partial charge in [0.1, 0.15) is 0 Å². The highest BCUT2D eigenvalue weighted by Gasteiger charge is 2.30. The normalized spacial score (nSPS) is 11.2. The van der Waals surface area contributed by atoms with Crippen LogP contribution in [0.1, 0.15) is 40.0 Å². The minimum Gasteiger partial charge on any atom is -0.393 e. The van der Waals surface area contributed by atoms with E-state index in [1.807, 2.05) is 27.0 Å². The lowest BCUT2D eigenvalue weighted by atomic mass is 9.90. The highest BCUT2D eigenvalue weighted by molar-refractivity contribution is 7.98. The van der Waals surface area contributed by atoms with E-state index in [9.17, 15) is 9.59 Å². The number of esters is 2. The zero-order chi connectivity index (χ0) is 11.9. The molecule has 0 spiro atoms. The van der Waals surface area contributed by atoms with Gasteiger partial charge in [0.15, 0.2) is 0 Å². The van der Waals surface area contributed by atoms with Crippen molar-refractivity contribution in [2.75, 3.05) is 12.0 Å². The Labute approximate surface area is 95.9 Å². The minimum atomic E-state index is -0.563. The number of hydrogen-bond acceptors (Lipinski definition) is 4. The van der Waals surface area contributed by atoms with Crippen LogP contribution in [0.5, 0.6) is 0 Å². The van der Waals surface area contributed by atoms with Crippen LogP contribution in [0.15, 0.2) is 0 Å². The van der Waals surface area contributed by atoms with Crippen LogP contribution < -0.4 is 0 Å². The second kappa shape index (κ2) is 6.88. The third-order valence-corrected chi connectivity index (χ3v) is 2.76. The highest BCUT2D eigenvalue weighted by Crippen LogP contribution is 2.24. The van der Waals surface area contributed by atoms with Crippen LogP contribution in [0, 0.1) is 5.41 Å². The van der Waals surface area contributed by atoms with Crippen LogP contribution in [-0.2, 0) is 14.3 Å². The molecule has 0 N–H and O–H groups in total. The summed E-state index contributed by atoms with van der Waals surface area (Å²) in [5.41, 5.74) is -0.563. The predicted molar refractivity (Wildman–Crippen MR) is 62.8 cm³/mol. The lowest BCUT2D eigenvalue weighted by Crippen LogP contribution is -2.29. The van der Waals surface area contributed by atoms with Crippen LogP contribution in [0.3, 0.4) is 0 Å². The van der Waals surface area contributed by atoms with Gasteiger partial charge in [-0.1, -0.05) is 6.92 Å². The molecular weight excluding hydrogens is 212 g/mol. The highest BCUT2D eigenvalue weighted by atomic mass is 32.2. The Morgan fingerprint density at radius 3 is 2.40 bits per heavy atom. The van der Waals surface area contributed by atoms with E-state index in [-0.39, 0.29) is 0 Å². The quantitative estimate of drug-likeness (QED) is 0.521. The molecule has 0 saturated carbocycles. The van der Waals surface area contributed by atoms with Crippen LogP contribution in [0.2, 0.25) is 0 Å². The maximum absolute atomic E-state index is 11.6. The van der Waals surface area contributed by atoms with E-state index in [1.165, 1.54) is 0 Å². The van der Waals surface area contributed by atoms with Crippen molar-refractivity contribution >= 4 is 23.7 Å². The summed E-state index contributed by atoms with van der Waals surface area (Å²) in [6.07, 6.45) is 3.73. The molecule has 0 unspecified atom stereocenters. The maximum atomic E-state index is 11.6. The van der Waals surface area contributed by atoms with Gasteiger partial charge in [-0.05, 0) is 38.7 Å². The Kier molecular flexibility index (Phi) is 6.65. The molecule has 15 heavy (non-hydrogen) atoms. The summed E-state index contributed by atoms with van der Waals surface area (Å²) in [6, 6.07) is 0. The molecule has 0 radical (unpaired) electrons. The van der Waals surface area contributed by atoms with Crippen molar-refractivity contribution in [2.45, 2.75) is 40.0 Å². The van der Waals surface area contributed by atoms with Gasteiger partial charge in [0.25, 0.3) is 0 Å². The van der Waals surface area contributed by atoms with Gasteiger partial charge < -0.3 is 4.74 Å². The summed E-state index contributed by atoms with van der Waals surface area (Å²) in [7, 11) is 0. The monoisotopic (exact) mass is 232 g/mol. The molecule has 0 aliphatic heterocycles. The van der Waals surface area contributed by atoms with Gasteiger partial charge in [0, 0.05) is 6.42 Å². The van der Waals surface area contributed by atoms with Crippen molar-refractivity contribution in [1.29, 1.82) is 0 Å². The third kappa shape index (κ3) is 5.82. The van der Waals surface area contributed by atoms with Crippen LogP contribution in [0.25, 0.3) is 0 Å². The maximum Gasteiger partial charge on any atom is 0.319 e. The predicted octanol–water partition coefficient (Wildman–Crippen LogP) is 2.64. The molecule has 0 bridgehead atoms. The SMILES string of the molecule is CCCC(=O)OC(=O)C(C)(C)CCSC. The molecule has 0 rings (SSSR count). The summed E-state index contributed by atoms with van der Waals surface area (Å²) in [6.45, 7) is 5.50. The molecule has 4 heteroatoms. The minimum absolute atomic E-state index is 0.310. The Morgan fingerprint density at radius 1 is 1.33 bits per heavy atom. The van der Waals surface area contributed by atoms with Gasteiger partial charge in [0.05, 0.1) is 5.41 Å². The molecule has 0 saturated heterocycles. The first-order chi connectivity index (χ1) is 6.94. The van der Waals surface area contributed by atoms with Gasteiger partial charge in [-0.2, -0.15) is 11.8 Å². The first-order valence-electron chi connectivity index (χ1n) is 5.18. The van der Waals surface area contributed by atoms with Crippen molar-refractivity contribution < 1.29 is 14.3 Å². The van der Waals surface area contributed by atoms with Crippen molar-refractivity contribution in [3.63, 3.8) is 0 Å². The average Bonchev–Trinajstić information content (AvgIpc) is 2.15. The smallest absolute Gasteiger partial charge is 0.319 e. The number of ether oxygens (including phenoxy) is 1. The Morgan fingerprint density at radius 2 is 1.93 bits per heavy atom. The molecular formula is C11H20O3S. The van der Waals surface area contributed by atoms with Gasteiger partial charge >= 0.3 is 11.9 Å². The summed E-state index contributed by atoms with van der Waals surface area (Å²) < 4.78 is 4.77. The van der Waals surface area contributed by atoms with E-state index in [1.54, 1.807) is 11.8 Å². The van der Waals surface area contributed by atoms with E-state index in [2.05, 4.69) is 0 Å². The van der Waals surface area contributed by atoms with Gasteiger partial charge in [-0.15, -0.1) is 0 Å². The van der Waals surface area contributed by atoms with E-state index in [0.29, 0.717) is 12.8 Å². The second-order valence-corrected chi connectivity index (χ2v) is 5.12. The lowest BCUT2D eigenvalue weighted by molar-refractivity contribution is -0.166. The van der Waals surface area contributed by atoms with E-state index >= 15 is 0 Å². The Balaban J connectivity index is 4.12. The Bertz CT molecular complexity index is 224. The van der Waals surface area contributed by atoms with Crippen LogP contribution in [-0.4, -0.2) is 23.9 Å². The standard InChI is InChI=1S/C11H20O3S/c1-5-6-9(12)14-10(13)11(2,3)7-8-15-4/h5-8H2,1-4H3. The van der Waals surface area contributed by atoms with E-state index < -0.39 is 17.4 Å². The molecule has 0 amide bonds. The van der Waals surface area contributed by atoms with E-state index in [0.717, 1.165) is 12.2 Å². The summed E-state index contributed by atoms with van der Waals surface area (Å²) in [5.74, 6) is 0.0686. The number of hydrogen-bond donors (Lipinski definition) is 0. The third-order valence-electron chi connectivity index (χ3n) is 2.14. The summed E-state index contributed by atoms with van der Waals surface area (Å²) in [4.78, 5) is 22.7. The summed E-state index contributed by atoms with van der Waals surface area (Å²) >= 11 is 1.68. The van der Waals surface area contributed by atoms with Crippen molar-refractivity contribution in [1.82, 2.24) is 0 Å². The molecule has 0 fully saturated rings. The number of carbonyl (C=O) groups excluding carboxylic acids is 2. The molecule has 88 valence electrons. The van der Waals surface area contributed by atoms with Gasteiger partial charge in [-0.25, -0.2) is 0 Å². The van der Waals surface area contributed by atoms with Crippen molar-refractivity contribution in [3.8, 4) is 0 Å². The van der Waals surface area contributed by atoms with Crippen molar-refractivity contribution in [2.24, 2.45) is 5.41 Å². The summed E-state index contributed by atoms with van der Waals surface area (Å²) in [5, 5.41) is 0. The van der Waals surface area contributed by atoms with Crippen molar-refractivity contribution in [3.05, 3.63) is 0 Å². The topological polar surface area (TPSA) is 43.4 Å². The molecule has 0 aromatic rings. The van der Waals surface area contributed by atoms with Crippen LogP contribution >= 0.6 is 11.8 Å².